The molecule has 0 aromatic carbocycles. The van der Waals surface area contributed by atoms with Crippen LogP contribution in [0.1, 0.15) is 37.7 Å². The van der Waals surface area contributed by atoms with Gasteiger partial charge >= 0.3 is 0 Å². The molecule has 1 saturated heterocycles. The second-order valence-electron chi connectivity index (χ2n) is 6.22. The summed E-state index contributed by atoms with van der Waals surface area (Å²) in [7, 11) is 0. The van der Waals surface area contributed by atoms with Gasteiger partial charge in [0.15, 0.2) is 0 Å². The minimum absolute atomic E-state index is 0.0269. The Kier molecular flexibility index (Phi) is 4.05. The summed E-state index contributed by atoms with van der Waals surface area (Å²) in [6.45, 7) is 6.18. The Morgan fingerprint density at radius 1 is 1.18 bits per heavy atom. The second kappa shape index (κ2) is 5.99. The largest absolute Gasteiger partial charge is 0.461 e. The van der Waals surface area contributed by atoms with E-state index in [1.54, 1.807) is 28.9 Å². The molecule has 0 bridgehead atoms. The van der Waals surface area contributed by atoms with E-state index in [0.29, 0.717) is 38.0 Å². The molecule has 1 aromatic rings. The summed E-state index contributed by atoms with van der Waals surface area (Å²) in [6.07, 6.45) is 4.48. The third kappa shape index (κ3) is 3.24. The van der Waals surface area contributed by atoms with Crippen LogP contribution in [0.4, 0.5) is 0 Å². The van der Waals surface area contributed by atoms with Gasteiger partial charge in [0.25, 0.3) is 0 Å². The minimum atomic E-state index is -0.0269. The van der Waals surface area contributed by atoms with Gasteiger partial charge in [0.2, 0.25) is 11.8 Å². The van der Waals surface area contributed by atoms with Gasteiger partial charge in [-0.25, -0.2) is 0 Å². The first kappa shape index (κ1) is 14.9. The van der Waals surface area contributed by atoms with Gasteiger partial charge < -0.3 is 14.2 Å². The summed E-state index contributed by atoms with van der Waals surface area (Å²) in [5.41, 5.74) is 0. The van der Waals surface area contributed by atoms with Crippen LogP contribution in [0.5, 0.6) is 0 Å². The van der Waals surface area contributed by atoms with E-state index in [9.17, 15) is 9.59 Å². The molecule has 2 atom stereocenters. The average molecular weight is 302 g/mol. The quantitative estimate of drug-likeness (QED) is 0.804. The lowest BCUT2D eigenvalue weighted by atomic mass is 10.2. The molecule has 1 aromatic heterocycles. The van der Waals surface area contributed by atoms with Gasteiger partial charge in [-0.1, -0.05) is 6.92 Å². The molecule has 5 nitrogen and oxygen atoms in total. The number of furan rings is 1. The zero-order chi connectivity index (χ0) is 15.7. The van der Waals surface area contributed by atoms with Crippen molar-refractivity contribution in [2.75, 3.05) is 26.2 Å². The molecular weight excluding hydrogens is 280 g/mol. The molecule has 0 N–H and O–H groups in total. The van der Waals surface area contributed by atoms with E-state index >= 15 is 0 Å². The lowest BCUT2D eigenvalue weighted by Gasteiger charge is -2.33. The standard InChI is InChI=1S/C17H22N2O3/c1-12-11-15(12)16-5-3-14(22-16)4-6-17(21)19-9-7-18(8-10-19)13(2)20/h3-6,12,15H,7-11H2,1-2H3. The third-order valence-corrected chi connectivity index (χ3v) is 4.55. The number of amides is 2. The molecule has 1 aliphatic heterocycles. The van der Waals surface area contributed by atoms with Crippen LogP contribution in [0.3, 0.4) is 0 Å². The number of rotatable bonds is 3. The predicted molar refractivity (Wildman–Crippen MR) is 83.1 cm³/mol. The van der Waals surface area contributed by atoms with Gasteiger partial charge in [0, 0.05) is 45.1 Å². The molecule has 0 radical (unpaired) electrons. The summed E-state index contributed by atoms with van der Waals surface area (Å²) in [4.78, 5) is 26.9. The van der Waals surface area contributed by atoms with Gasteiger partial charge in [0.1, 0.15) is 11.5 Å². The average Bonchev–Trinajstić information content (AvgIpc) is 3.06. The van der Waals surface area contributed by atoms with Crippen molar-refractivity contribution in [3.05, 3.63) is 29.7 Å². The fourth-order valence-corrected chi connectivity index (χ4v) is 2.88. The molecule has 2 amide bonds. The van der Waals surface area contributed by atoms with Crippen molar-refractivity contribution in [2.24, 2.45) is 5.92 Å². The highest BCUT2D eigenvalue weighted by atomic mass is 16.3. The maximum absolute atomic E-state index is 12.1. The predicted octanol–water partition coefficient (Wildman–Crippen LogP) is 2.11. The van der Waals surface area contributed by atoms with E-state index in [4.69, 9.17) is 4.42 Å². The monoisotopic (exact) mass is 302 g/mol. The van der Waals surface area contributed by atoms with Crippen LogP contribution in [0, 0.1) is 5.92 Å². The number of carbonyl (C=O) groups excluding carboxylic acids is 2. The Morgan fingerprint density at radius 3 is 2.41 bits per heavy atom. The van der Waals surface area contributed by atoms with E-state index in [1.165, 1.54) is 6.42 Å². The summed E-state index contributed by atoms with van der Waals surface area (Å²) < 4.78 is 5.75. The molecule has 2 fully saturated rings. The maximum Gasteiger partial charge on any atom is 0.246 e. The van der Waals surface area contributed by atoms with E-state index in [1.807, 2.05) is 12.1 Å². The van der Waals surface area contributed by atoms with E-state index < -0.39 is 0 Å². The second-order valence-corrected chi connectivity index (χ2v) is 6.22. The van der Waals surface area contributed by atoms with Crippen molar-refractivity contribution in [1.29, 1.82) is 0 Å². The van der Waals surface area contributed by atoms with Crippen LogP contribution in [0.2, 0.25) is 0 Å². The molecule has 118 valence electrons. The Balaban J connectivity index is 1.53. The number of hydrogen-bond donors (Lipinski definition) is 0. The fourth-order valence-electron chi connectivity index (χ4n) is 2.88. The van der Waals surface area contributed by atoms with E-state index in [-0.39, 0.29) is 11.8 Å². The zero-order valence-corrected chi connectivity index (χ0v) is 13.1. The molecule has 22 heavy (non-hydrogen) atoms. The van der Waals surface area contributed by atoms with Crippen molar-refractivity contribution in [3.63, 3.8) is 0 Å². The van der Waals surface area contributed by atoms with Gasteiger partial charge in [-0.15, -0.1) is 0 Å². The van der Waals surface area contributed by atoms with Crippen LogP contribution >= 0.6 is 0 Å². The Bertz CT molecular complexity index is 597. The molecule has 5 heteroatoms. The summed E-state index contributed by atoms with van der Waals surface area (Å²) in [5, 5.41) is 0. The molecule has 1 saturated carbocycles. The highest BCUT2D eigenvalue weighted by molar-refractivity contribution is 5.91. The molecule has 2 unspecified atom stereocenters. The lowest BCUT2D eigenvalue weighted by molar-refractivity contribution is -0.135. The van der Waals surface area contributed by atoms with E-state index in [0.717, 1.165) is 11.5 Å². The highest BCUT2D eigenvalue weighted by Crippen LogP contribution is 2.47. The number of carbonyl (C=O) groups is 2. The molecule has 3 rings (SSSR count). The normalized spacial score (nSPS) is 24.8. The number of hydrogen-bond acceptors (Lipinski definition) is 3. The summed E-state index contributed by atoms with van der Waals surface area (Å²) in [6, 6.07) is 3.92. The molecular formula is C17H22N2O3. The van der Waals surface area contributed by atoms with Crippen LogP contribution in [-0.2, 0) is 9.59 Å². The molecule has 2 aliphatic rings. The Labute approximate surface area is 130 Å². The van der Waals surface area contributed by atoms with Crippen molar-refractivity contribution in [3.8, 4) is 0 Å². The smallest absolute Gasteiger partial charge is 0.246 e. The van der Waals surface area contributed by atoms with Gasteiger partial charge in [-0.05, 0) is 30.5 Å². The molecule has 1 aliphatic carbocycles. The molecule has 2 heterocycles. The summed E-state index contributed by atoms with van der Waals surface area (Å²) >= 11 is 0. The van der Waals surface area contributed by atoms with Crippen LogP contribution in [0.15, 0.2) is 22.6 Å². The van der Waals surface area contributed by atoms with Crippen molar-refractivity contribution < 1.29 is 14.0 Å². The fraction of sp³-hybridized carbons (Fsp3) is 0.529. The van der Waals surface area contributed by atoms with Crippen molar-refractivity contribution in [2.45, 2.75) is 26.2 Å². The first-order valence-electron chi connectivity index (χ1n) is 7.87. The van der Waals surface area contributed by atoms with Crippen LogP contribution in [0.25, 0.3) is 6.08 Å². The van der Waals surface area contributed by atoms with Gasteiger partial charge in [-0.2, -0.15) is 0 Å². The van der Waals surface area contributed by atoms with Crippen molar-refractivity contribution in [1.82, 2.24) is 9.80 Å². The summed E-state index contributed by atoms with van der Waals surface area (Å²) in [5.74, 6) is 3.06. The van der Waals surface area contributed by atoms with Gasteiger partial charge in [0.05, 0.1) is 0 Å². The number of nitrogens with zero attached hydrogens (tertiary/aromatic N) is 2. The minimum Gasteiger partial charge on any atom is -0.461 e. The van der Waals surface area contributed by atoms with Crippen LogP contribution in [-0.4, -0.2) is 47.8 Å². The first-order valence-corrected chi connectivity index (χ1v) is 7.87. The zero-order valence-electron chi connectivity index (χ0n) is 13.1. The molecule has 0 spiro atoms. The maximum atomic E-state index is 12.1. The topological polar surface area (TPSA) is 53.8 Å². The highest BCUT2D eigenvalue weighted by Gasteiger charge is 2.36. The SMILES string of the molecule is CC(=O)N1CCN(C(=O)C=Cc2ccc(C3CC3C)o2)CC1. The Morgan fingerprint density at radius 2 is 1.82 bits per heavy atom. The van der Waals surface area contributed by atoms with Gasteiger partial charge in [-0.3, -0.25) is 9.59 Å². The first-order chi connectivity index (χ1) is 10.5. The van der Waals surface area contributed by atoms with E-state index in [2.05, 4.69) is 6.92 Å². The van der Waals surface area contributed by atoms with Crippen LogP contribution < -0.4 is 0 Å². The Hall–Kier alpha value is -2.04. The third-order valence-electron chi connectivity index (χ3n) is 4.55. The number of piperazine rings is 1. The van der Waals surface area contributed by atoms with Crippen molar-refractivity contribution >= 4 is 17.9 Å². The lowest BCUT2D eigenvalue weighted by Crippen LogP contribution is -2.49.